The Hall–Kier alpha value is -2.28. The molecular formula is C11H9N5OS. The second-order valence-corrected chi connectivity index (χ2v) is 4.74. The second kappa shape index (κ2) is 4.19. The maximum absolute atomic E-state index is 11.4. The summed E-state index contributed by atoms with van der Waals surface area (Å²) in [5, 5.41) is 11.1. The van der Waals surface area contributed by atoms with Gasteiger partial charge in [-0.25, -0.2) is 9.89 Å². The van der Waals surface area contributed by atoms with E-state index in [4.69, 9.17) is 5.73 Å². The fourth-order valence-electron chi connectivity index (χ4n) is 1.50. The number of hydrogen-bond acceptors (Lipinski definition) is 5. The van der Waals surface area contributed by atoms with Crippen LogP contribution in [0.3, 0.4) is 0 Å². The molecule has 0 amide bonds. The van der Waals surface area contributed by atoms with E-state index in [1.165, 1.54) is 16.3 Å². The molecule has 7 heteroatoms. The summed E-state index contributed by atoms with van der Waals surface area (Å²) < 4.78 is 1.24. The van der Waals surface area contributed by atoms with Gasteiger partial charge >= 0.3 is 5.69 Å². The van der Waals surface area contributed by atoms with Gasteiger partial charge in [0.15, 0.2) is 5.65 Å². The van der Waals surface area contributed by atoms with E-state index in [0.29, 0.717) is 11.3 Å². The van der Waals surface area contributed by atoms with Gasteiger partial charge in [0.05, 0.1) is 0 Å². The number of aromatic amines is 1. The SMILES string of the molecule is Nc1ccc(Sc2ccc3n[nH]c(=O)n3n2)cc1. The summed E-state index contributed by atoms with van der Waals surface area (Å²) in [7, 11) is 0. The van der Waals surface area contributed by atoms with Crippen LogP contribution >= 0.6 is 11.8 Å². The van der Waals surface area contributed by atoms with Crippen molar-refractivity contribution in [1.29, 1.82) is 0 Å². The first-order valence-electron chi connectivity index (χ1n) is 5.20. The molecule has 0 aliphatic heterocycles. The third-order valence-corrected chi connectivity index (χ3v) is 3.29. The Bertz CT molecular complexity index is 746. The molecule has 0 radical (unpaired) electrons. The Morgan fingerprint density at radius 2 is 1.94 bits per heavy atom. The van der Waals surface area contributed by atoms with E-state index < -0.39 is 0 Å². The number of nitrogen functional groups attached to an aromatic ring is 1. The average molecular weight is 259 g/mol. The number of nitrogens with one attached hydrogen (secondary N) is 1. The lowest BCUT2D eigenvalue weighted by atomic mass is 10.3. The van der Waals surface area contributed by atoms with Gasteiger partial charge in [0.1, 0.15) is 5.03 Å². The quantitative estimate of drug-likeness (QED) is 0.674. The Morgan fingerprint density at radius 1 is 1.17 bits per heavy atom. The van der Waals surface area contributed by atoms with Crippen LogP contribution in [0.2, 0.25) is 0 Å². The maximum Gasteiger partial charge on any atom is 0.364 e. The molecule has 0 aliphatic carbocycles. The first-order chi connectivity index (χ1) is 8.72. The molecule has 0 saturated heterocycles. The zero-order valence-corrected chi connectivity index (χ0v) is 10.0. The van der Waals surface area contributed by atoms with Crippen LogP contribution in [0.4, 0.5) is 5.69 Å². The second-order valence-electron chi connectivity index (χ2n) is 3.64. The lowest BCUT2D eigenvalue weighted by Gasteiger charge is -2.01. The van der Waals surface area contributed by atoms with Gasteiger partial charge in [0.2, 0.25) is 0 Å². The number of nitrogens with zero attached hydrogens (tertiary/aromatic N) is 3. The van der Waals surface area contributed by atoms with Gasteiger partial charge < -0.3 is 5.73 Å². The molecule has 0 bridgehead atoms. The summed E-state index contributed by atoms with van der Waals surface area (Å²) in [6.45, 7) is 0. The van der Waals surface area contributed by atoms with Gasteiger partial charge in [-0.2, -0.15) is 14.7 Å². The highest BCUT2D eigenvalue weighted by molar-refractivity contribution is 7.99. The van der Waals surface area contributed by atoms with Crippen molar-refractivity contribution >= 4 is 23.1 Å². The van der Waals surface area contributed by atoms with Crippen molar-refractivity contribution in [1.82, 2.24) is 19.8 Å². The highest BCUT2D eigenvalue weighted by atomic mass is 32.2. The minimum absolute atomic E-state index is 0.343. The van der Waals surface area contributed by atoms with Crippen LogP contribution in [0.15, 0.2) is 51.1 Å². The normalized spacial score (nSPS) is 10.9. The van der Waals surface area contributed by atoms with Gasteiger partial charge in [-0.3, -0.25) is 0 Å². The Kier molecular flexibility index (Phi) is 2.52. The summed E-state index contributed by atoms with van der Waals surface area (Å²) in [6, 6.07) is 11.0. The van der Waals surface area contributed by atoms with E-state index >= 15 is 0 Å². The molecule has 2 aromatic heterocycles. The largest absolute Gasteiger partial charge is 0.399 e. The molecular weight excluding hydrogens is 250 g/mol. The molecule has 0 atom stereocenters. The van der Waals surface area contributed by atoms with E-state index in [0.717, 1.165) is 9.92 Å². The number of benzene rings is 1. The van der Waals surface area contributed by atoms with Gasteiger partial charge in [-0.1, -0.05) is 11.8 Å². The summed E-state index contributed by atoms with van der Waals surface area (Å²) >= 11 is 1.46. The molecule has 0 aliphatic rings. The number of H-pyrrole nitrogens is 1. The Labute approximate surface area is 106 Å². The summed E-state index contributed by atoms with van der Waals surface area (Å²) in [4.78, 5) is 12.4. The van der Waals surface area contributed by atoms with E-state index in [-0.39, 0.29) is 5.69 Å². The minimum atomic E-state index is -0.343. The van der Waals surface area contributed by atoms with Crippen molar-refractivity contribution in [2.24, 2.45) is 0 Å². The van der Waals surface area contributed by atoms with E-state index in [1.54, 1.807) is 6.07 Å². The number of hydrogen-bond donors (Lipinski definition) is 2. The molecule has 1 aromatic carbocycles. The van der Waals surface area contributed by atoms with Crippen molar-refractivity contribution in [2.45, 2.75) is 9.92 Å². The van der Waals surface area contributed by atoms with Crippen molar-refractivity contribution in [3.8, 4) is 0 Å². The number of fused-ring (bicyclic) bond motifs is 1. The molecule has 90 valence electrons. The van der Waals surface area contributed by atoms with Gasteiger partial charge in [-0.05, 0) is 36.4 Å². The standard InChI is InChI=1S/C11H9N5OS/c12-7-1-3-8(4-2-7)18-10-6-5-9-13-14-11(17)16(9)15-10/h1-6H,12H2,(H,14,17). The molecule has 2 heterocycles. The van der Waals surface area contributed by atoms with Crippen LogP contribution < -0.4 is 11.4 Å². The fraction of sp³-hybridized carbons (Fsp3) is 0. The number of rotatable bonds is 2. The van der Waals surface area contributed by atoms with Crippen LogP contribution in [0.25, 0.3) is 5.65 Å². The number of nitrogens with two attached hydrogens (primary N) is 1. The zero-order chi connectivity index (χ0) is 12.5. The molecule has 0 fully saturated rings. The van der Waals surface area contributed by atoms with E-state index in [2.05, 4.69) is 15.3 Å². The lowest BCUT2D eigenvalue weighted by Crippen LogP contribution is -2.12. The first kappa shape index (κ1) is 10.8. The predicted molar refractivity (Wildman–Crippen MR) is 68.6 cm³/mol. The molecule has 3 rings (SSSR count). The summed E-state index contributed by atoms with van der Waals surface area (Å²) in [6.07, 6.45) is 0. The fourth-order valence-corrected chi connectivity index (χ4v) is 2.27. The Morgan fingerprint density at radius 3 is 2.72 bits per heavy atom. The highest BCUT2D eigenvalue weighted by Gasteiger charge is 2.04. The highest BCUT2D eigenvalue weighted by Crippen LogP contribution is 2.26. The molecule has 0 spiro atoms. The monoisotopic (exact) mass is 259 g/mol. The van der Waals surface area contributed by atoms with Crippen LogP contribution in [0, 0.1) is 0 Å². The van der Waals surface area contributed by atoms with Gasteiger partial charge in [0, 0.05) is 10.6 Å². The first-order valence-corrected chi connectivity index (χ1v) is 6.02. The average Bonchev–Trinajstić information content (AvgIpc) is 2.74. The molecule has 0 unspecified atom stereocenters. The predicted octanol–water partition coefficient (Wildman–Crippen LogP) is 1.15. The van der Waals surface area contributed by atoms with Crippen LogP contribution in [0.1, 0.15) is 0 Å². The lowest BCUT2D eigenvalue weighted by molar-refractivity contribution is 0.820. The van der Waals surface area contributed by atoms with Crippen molar-refractivity contribution in [2.75, 3.05) is 5.73 Å². The summed E-state index contributed by atoms with van der Waals surface area (Å²) in [5.41, 5.74) is 6.49. The van der Waals surface area contributed by atoms with E-state index in [1.807, 2.05) is 30.3 Å². The smallest absolute Gasteiger partial charge is 0.364 e. The van der Waals surface area contributed by atoms with Crippen molar-refractivity contribution in [3.63, 3.8) is 0 Å². The molecule has 3 aromatic rings. The third kappa shape index (κ3) is 1.95. The van der Waals surface area contributed by atoms with Crippen molar-refractivity contribution in [3.05, 3.63) is 46.9 Å². The third-order valence-electron chi connectivity index (χ3n) is 2.35. The maximum atomic E-state index is 11.4. The van der Waals surface area contributed by atoms with Crippen molar-refractivity contribution < 1.29 is 0 Å². The number of aromatic nitrogens is 4. The van der Waals surface area contributed by atoms with Crippen LogP contribution in [-0.2, 0) is 0 Å². The molecule has 18 heavy (non-hydrogen) atoms. The number of anilines is 1. The Balaban J connectivity index is 1.97. The zero-order valence-electron chi connectivity index (χ0n) is 9.20. The van der Waals surface area contributed by atoms with E-state index in [9.17, 15) is 4.79 Å². The minimum Gasteiger partial charge on any atom is -0.399 e. The molecule has 0 saturated carbocycles. The molecule has 6 nitrogen and oxygen atoms in total. The van der Waals surface area contributed by atoms with Gasteiger partial charge in [0.25, 0.3) is 0 Å². The van der Waals surface area contributed by atoms with Crippen LogP contribution in [0.5, 0.6) is 0 Å². The van der Waals surface area contributed by atoms with Gasteiger partial charge in [-0.15, -0.1) is 0 Å². The topological polar surface area (TPSA) is 89.1 Å². The van der Waals surface area contributed by atoms with Crippen LogP contribution in [-0.4, -0.2) is 19.8 Å². The summed E-state index contributed by atoms with van der Waals surface area (Å²) in [5.74, 6) is 0. The molecule has 3 N–H and O–H groups in total.